The number of nitrogens with one attached hydrogen (secondary N) is 3. The van der Waals surface area contributed by atoms with Crippen LogP contribution in [0.2, 0.25) is 0 Å². The Hall–Kier alpha value is -4.05. The first kappa shape index (κ1) is 21.2. The molecule has 10 heteroatoms. The molecule has 8 nitrogen and oxygen atoms in total. The molecule has 0 aliphatic rings. The number of hydrogen-bond donors (Lipinski definition) is 4. The molecule has 0 saturated carbocycles. The second kappa shape index (κ2) is 9.40. The van der Waals surface area contributed by atoms with Crippen LogP contribution in [0, 0.1) is 5.82 Å². The third-order valence-corrected chi connectivity index (χ3v) is 5.49. The highest BCUT2D eigenvalue weighted by molar-refractivity contribution is 7.16. The van der Waals surface area contributed by atoms with Crippen LogP contribution in [0.25, 0.3) is 10.2 Å². The lowest BCUT2D eigenvalue weighted by Crippen LogP contribution is -2.38. The number of nitrogens with two attached hydrogens (primary N) is 1. The maximum Gasteiger partial charge on any atom is 0.252 e. The minimum Gasteiger partial charge on any atom is -0.365 e. The van der Waals surface area contributed by atoms with E-state index in [0.29, 0.717) is 18.5 Å². The predicted octanol–water partition coefficient (Wildman–Crippen LogP) is 3.40. The van der Waals surface area contributed by atoms with Crippen molar-refractivity contribution in [3.63, 3.8) is 0 Å². The average molecular weight is 450 g/mol. The molecule has 4 aromatic rings. The van der Waals surface area contributed by atoms with Crippen molar-refractivity contribution in [2.24, 2.45) is 5.73 Å². The molecule has 0 aliphatic carbocycles. The molecule has 2 amide bonds. The smallest absolute Gasteiger partial charge is 0.252 e. The molecule has 0 bridgehead atoms. The van der Waals surface area contributed by atoms with E-state index in [1.165, 1.54) is 11.3 Å². The van der Waals surface area contributed by atoms with Crippen LogP contribution in [0.4, 0.5) is 21.7 Å². The van der Waals surface area contributed by atoms with Gasteiger partial charge in [0.15, 0.2) is 11.6 Å². The van der Waals surface area contributed by atoms with Crippen LogP contribution >= 0.6 is 11.3 Å². The summed E-state index contributed by atoms with van der Waals surface area (Å²) >= 11 is 1.47. The Balaban J connectivity index is 1.64. The van der Waals surface area contributed by atoms with E-state index in [1.807, 2.05) is 42.5 Å². The highest BCUT2D eigenvalue weighted by Gasteiger charge is 2.19. The number of anilines is 3. The van der Waals surface area contributed by atoms with Crippen LogP contribution in [-0.4, -0.2) is 28.5 Å². The quantitative estimate of drug-likeness (QED) is 0.229. The molecule has 0 unspecified atom stereocenters. The van der Waals surface area contributed by atoms with Crippen LogP contribution < -0.4 is 21.7 Å². The monoisotopic (exact) mass is 450 g/mol. The number of aromatic nitrogens is 2. The molecule has 0 spiro atoms. The second-order valence-electron chi connectivity index (χ2n) is 6.91. The van der Waals surface area contributed by atoms with E-state index in [1.54, 1.807) is 11.6 Å². The molecule has 5 N–H and O–H groups in total. The summed E-state index contributed by atoms with van der Waals surface area (Å²) in [6, 6.07) is 15.9. The fourth-order valence-electron chi connectivity index (χ4n) is 3.19. The van der Waals surface area contributed by atoms with Crippen molar-refractivity contribution in [2.75, 3.05) is 10.6 Å². The zero-order valence-electron chi connectivity index (χ0n) is 16.7. The van der Waals surface area contributed by atoms with Gasteiger partial charge in [0.2, 0.25) is 6.41 Å². The number of fused-ring (bicyclic) bond motifs is 1. The molecule has 0 aliphatic heterocycles. The largest absolute Gasteiger partial charge is 0.365 e. The van der Waals surface area contributed by atoms with Gasteiger partial charge in [-0.3, -0.25) is 9.59 Å². The zero-order chi connectivity index (χ0) is 22.5. The second-order valence-corrected chi connectivity index (χ2v) is 7.80. The number of halogens is 1. The lowest BCUT2D eigenvalue weighted by atomic mass is 10.1. The number of pyridine rings is 1. The minimum atomic E-state index is -0.823. The summed E-state index contributed by atoms with van der Waals surface area (Å²) in [7, 11) is 0. The Morgan fingerprint density at radius 3 is 2.72 bits per heavy atom. The van der Waals surface area contributed by atoms with Crippen LogP contribution in [0.1, 0.15) is 15.9 Å². The fraction of sp³-hybridized carbons (Fsp3) is 0.0909. The first-order valence-electron chi connectivity index (χ1n) is 9.64. The lowest BCUT2D eigenvalue weighted by Gasteiger charge is -2.20. The summed E-state index contributed by atoms with van der Waals surface area (Å²) in [5.74, 6) is -1.63. The third-order valence-electron chi connectivity index (χ3n) is 4.70. The molecule has 0 fully saturated rings. The van der Waals surface area contributed by atoms with Crippen molar-refractivity contribution >= 4 is 51.2 Å². The van der Waals surface area contributed by atoms with Gasteiger partial charge in [0.05, 0.1) is 21.3 Å². The highest BCUT2D eigenvalue weighted by Crippen LogP contribution is 2.27. The van der Waals surface area contributed by atoms with Crippen LogP contribution in [0.15, 0.2) is 60.1 Å². The van der Waals surface area contributed by atoms with Crippen molar-refractivity contribution in [1.29, 1.82) is 0 Å². The van der Waals surface area contributed by atoms with Gasteiger partial charge < -0.3 is 21.7 Å². The fourth-order valence-corrected chi connectivity index (χ4v) is 3.91. The molecule has 4 rings (SSSR count). The first-order chi connectivity index (χ1) is 15.5. The zero-order valence-corrected chi connectivity index (χ0v) is 17.5. The van der Waals surface area contributed by atoms with Gasteiger partial charge in [-0.1, -0.05) is 30.3 Å². The van der Waals surface area contributed by atoms with Crippen LogP contribution in [0.5, 0.6) is 0 Å². The Morgan fingerprint density at radius 1 is 1.16 bits per heavy atom. The number of nitrogens with zero attached hydrogens (tertiary/aromatic N) is 2. The van der Waals surface area contributed by atoms with Gasteiger partial charge in [0.25, 0.3) is 5.91 Å². The Bertz CT molecular complexity index is 1260. The first-order valence-corrected chi connectivity index (χ1v) is 10.5. The number of thiazole rings is 1. The third kappa shape index (κ3) is 4.81. The summed E-state index contributed by atoms with van der Waals surface area (Å²) in [6.45, 7) is 0. The highest BCUT2D eigenvalue weighted by atomic mass is 32.1. The molecule has 2 aromatic heterocycles. The summed E-state index contributed by atoms with van der Waals surface area (Å²) in [6.07, 6.45) is 0.292. The number of carbonyl (C=O) groups excluding carboxylic acids is 2. The molecule has 162 valence electrons. The van der Waals surface area contributed by atoms with E-state index in [2.05, 4.69) is 25.9 Å². The SMILES string of the molecule is NC(=O)c1cc(F)c(N[C@H](Cc2ccccc2)NC=O)nc1Nc1ccc2ncsc2c1. The van der Waals surface area contributed by atoms with E-state index in [0.717, 1.165) is 21.8 Å². The minimum absolute atomic E-state index is 0.0924. The van der Waals surface area contributed by atoms with E-state index in [-0.39, 0.29) is 17.2 Å². The lowest BCUT2D eigenvalue weighted by molar-refractivity contribution is -0.110. The van der Waals surface area contributed by atoms with E-state index >= 15 is 0 Å². The average Bonchev–Trinajstić information content (AvgIpc) is 3.24. The topological polar surface area (TPSA) is 122 Å². The van der Waals surface area contributed by atoms with E-state index < -0.39 is 17.9 Å². The Labute approximate surface area is 186 Å². The van der Waals surface area contributed by atoms with Crippen molar-refractivity contribution in [3.05, 3.63) is 77.1 Å². The summed E-state index contributed by atoms with van der Waals surface area (Å²) in [4.78, 5) is 31.5. The maximum atomic E-state index is 14.8. The van der Waals surface area contributed by atoms with Gasteiger partial charge in [-0.05, 0) is 29.8 Å². The van der Waals surface area contributed by atoms with Gasteiger partial charge in [-0.15, -0.1) is 11.3 Å². The molecule has 32 heavy (non-hydrogen) atoms. The number of carbonyl (C=O) groups is 2. The number of rotatable bonds is 9. The van der Waals surface area contributed by atoms with Gasteiger partial charge in [0, 0.05) is 12.1 Å². The molecular weight excluding hydrogens is 431 g/mol. The van der Waals surface area contributed by atoms with Crippen molar-refractivity contribution in [3.8, 4) is 0 Å². The standard InChI is InChI=1S/C22H19FN6O2S/c23-16-10-15(20(24)31)21(27-14-6-7-17-18(9-14)32-12-26-17)29-22(16)28-19(25-11-30)8-13-4-2-1-3-5-13/h1-7,9-12,19H,8H2,(H2,24,31)(H,25,30)(H2,27,28,29)/t19-/m1/s1. The number of benzene rings is 2. The molecule has 0 radical (unpaired) electrons. The van der Waals surface area contributed by atoms with Crippen LogP contribution in [-0.2, 0) is 11.2 Å². The Morgan fingerprint density at radius 2 is 1.97 bits per heavy atom. The molecular formula is C22H19FN6O2S. The molecule has 2 heterocycles. The summed E-state index contributed by atoms with van der Waals surface area (Å²) < 4.78 is 15.7. The normalized spacial score (nSPS) is 11.7. The summed E-state index contributed by atoms with van der Waals surface area (Å²) in [5.41, 5.74) is 9.49. The van der Waals surface area contributed by atoms with Crippen molar-refractivity contribution < 1.29 is 14.0 Å². The number of amides is 2. The molecule has 0 saturated heterocycles. The van der Waals surface area contributed by atoms with Gasteiger partial charge >= 0.3 is 0 Å². The molecule has 1 atom stereocenters. The summed E-state index contributed by atoms with van der Waals surface area (Å²) in [5, 5.41) is 8.53. The Kier molecular flexibility index (Phi) is 6.22. The van der Waals surface area contributed by atoms with Crippen molar-refractivity contribution in [2.45, 2.75) is 12.6 Å². The predicted molar refractivity (Wildman–Crippen MR) is 122 cm³/mol. The number of primary amides is 1. The van der Waals surface area contributed by atoms with Crippen LogP contribution in [0.3, 0.4) is 0 Å². The number of hydrogen-bond acceptors (Lipinski definition) is 7. The van der Waals surface area contributed by atoms with Crippen molar-refractivity contribution in [1.82, 2.24) is 15.3 Å². The van der Waals surface area contributed by atoms with E-state index in [4.69, 9.17) is 5.73 Å². The van der Waals surface area contributed by atoms with E-state index in [9.17, 15) is 14.0 Å². The van der Waals surface area contributed by atoms with Gasteiger partial charge in [-0.2, -0.15) is 0 Å². The maximum absolute atomic E-state index is 14.8. The molecule has 2 aromatic carbocycles. The van der Waals surface area contributed by atoms with Gasteiger partial charge in [-0.25, -0.2) is 14.4 Å². The van der Waals surface area contributed by atoms with Gasteiger partial charge in [0.1, 0.15) is 12.0 Å².